The van der Waals surface area contributed by atoms with Gasteiger partial charge in [-0.05, 0) is 93.0 Å². The molecule has 4 aromatic heterocycles. The number of hydrogen-bond donors (Lipinski definition) is 0. The molecule has 0 N–H and O–H groups in total. The van der Waals surface area contributed by atoms with Gasteiger partial charge in [-0.15, -0.1) is 0 Å². The molecule has 1 aliphatic carbocycles. The number of hydrogen-bond acceptors (Lipinski definition) is 5. The van der Waals surface area contributed by atoms with Crippen LogP contribution < -0.4 is 0 Å². The van der Waals surface area contributed by atoms with Crippen LogP contribution >= 0.6 is 0 Å². The Kier molecular flexibility index (Phi) is 6.46. The quantitative estimate of drug-likeness (QED) is 0.169. The molecule has 0 unspecified atom stereocenters. The molecule has 12 aromatic rings. The minimum atomic E-state index is 0.594. The van der Waals surface area contributed by atoms with E-state index in [1.165, 1.54) is 32.6 Å². The number of benzene rings is 8. The summed E-state index contributed by atoms with van der Waals surface area (Å²) in [5, 5.41) is 12.7. The van der Waals surface area contributed by atoms with E-state index in [0.717, 1.165) is 89.9 Å². The van der Waals surface area contributed by atoms with Gasteiger partial charge in [-0.25, -0.2) is 19.9 Å². The summed E-state index contributed by atoms with van der Waals surface area (Å²) in [6, 6.07) is 53.4. The first-order valence-electron chi connectivity index (χ1n) is 19.8. The molecule has 0 radical (unpaired) electrons. The standard InChI is InChI=1S/C52H31N5O/c1-2-14-34-32(12-1)33-13-3-4-15-35(33)41-28-30(24-26-37(34)41)49-54-50(56-51(55-49)40-19-11-23-47-48(40)39-18-7-10-22-46(39)58-47)31-25-27-44-42(29-31)36-16-5-6-17-38(36)52-53-43-20-8-9-21-45(43)57(44)52/h1-8,10-20,22-29H,9,21H2. The van der Waals surface area contributed by atoms with E-state index >= 15 is 0 Å². The SMILES string of the molecule is C1=Cc2nc3c4ccccc4c4cc(-c5nc(-c6ccc7c8ccccc8c8ccccc8c7c6)nc(-c6cccc7oc8ccccc8c67)n5)ccc4n3c2CC1. The molecule has 0 spiro atoms. The van der Waals surface area contributed by atoms with Crippen LogP contribution in [0.15, 0.2) is 162 Å². The van der Waals surface area contributed by atoms with Gasteiger partial charge >= 0.3 is 0 Å². The van der Waals surface area contributed by atoms with Gasteiger partial charge in [0.2, 0.25) is 0 Å². The van der Waals surface area contributed by atoms with Gasteiger partial charge in [0.15, 0.2) is 17.5 Å². The Balaban J connectivity index is 1.09. The maximum absolute atomic E-state index is 6.34. The van der Waals surface area contributed by atoms with Crippen molar-refractivity contribution in [1.82, 2.24) is 24.3 Å². The summed E-state index contributed by atoms with van der Waals surface area (Å²) in [6.45, 7) is 0. The van der Waals surface area contributed by atoms with Gasteiger partial charge in [0.05, 0.1) is 16.9 Å². The van der Waals surface area contributed by atoms with E-state index in [-0.39, 0.29) is 0 Å². The zero-order chi connectivity index (χ0) is 37.9. The predicted octanol–water partition coefficient (Wildman–Crippen LogP) is 13.1. The molecule has 0 aliphatic heterocycles. The molecule has 6 nitrogen and oxygen atoms in total. The number of fused-ring (bicyclic) bond motifs is 17. The zero-order valence-corrected chi connectivity index (χ0v) is 31.1. The number of pyridine rings is 1. The zero-order valence-electron chi connectivity index (χ0n) is 31.1. The van der Waals surface area contributed by atoms with Crippen LogP contribution in [0.5, 0.6) is 0 Å². The Bertz CT molecular complexity index is 3730. The number of furan rings is 1. The topological polar surface area (TPSA) is 69.1 Å². The van der Waals surface area contributed by atoms with Gasteiger partial charge in [0, 0.05) is 38.2 Å². The maximum Gasteiger partial charge on any atom is 0.164 e. The Morgan fingerprint density at radius 2 is 1.02 bits per heavy atom. The van der Waals surface area contributed by atoms with Crippen LogP contribution in [0.1, 0.15) is 17.8 Å². The fraction of sp³-hybridized carbons (Fsp3) is 0.0385. The molecule has 8 aromatic carbocycles. The molecule has 4 heterocycles. The molecule has 270 valence electrons. The lowest BCUT2D eigenvalue weighted by Gasteiger charge is -2.14. The van der Waals surface area contributed by atoms with E-state index in [1.807, 2.05) is 30.3 Å². The highest BCUT2D eigenvalue weighted by Gasteiger charge is 2.21. The minimum absolute atomic E-state index is 0.594. The second-order valence-electron chi connectivity index (χ2n) is 15.3. The Morgan fingerprint density at radius 1 is 0.448 bits per heavy atom. The third kappa shape index (κ3) is 4.48. The second-order valence-corrected chi connectivity index (χ2v) is 15.3. The van der Waals surface area contributed by atoms with Crippen LogP contribution in [0.25, 0.3) is 122 Å². The molecule has 13 rings (SSSR count). The lowest BCUT2D eigenvalue weighted by molar-refractivity contribution is 0.669. The molecule has 0 saturated carbocycles. The van der Waals surface area contributed by atoms with Crippen LogP contribution in [0.4, 0.5) is 0 Å². The van der Waals surface area contributed by atoms with Crippen molar-refractivity contribution >= 4 is 87.7 Å². The molecule has 0 saturated heterocycles. The first-order chi connectivity index (χ1) is 28.7. The molecule has 0 fully saturated rings. The Morgan fingerprint density at radius 3 is 1.76 bits per heavy atom. The molecule has 1 aliphatic rings. The van der Waals surface area contributed by atoms with Crippen molar-refractivity contribution in [3.05, 3.63) is 169 Å². The van der Waals surface area contributed by atoms with Crippen molar-refractivity contribution in [3.63, 3.8) is 0 Å². The first kappa shape index (κ1) is 31.5. The number of rotatable bonds is 3. The molecule has 58 heavy (non-hydrogen) atoms. The maximum atomic E-state index is 6.34. The Labute approximate surface area is 331 Å². The van der Waals surface area contributed by atoms with Gasteiger partial charge in [0.1, 0.15) is 16.8 Å². The number of para-hydroxylation sites is 1. The van der Waals surface area contributed by atoms with Crippen molar-refractivity contribution in [2.45, 2.75) is 12.8 Å². The fourth-order valence-corrected chi connectivity index (χ4v) is 9.46. The molecule has 0 amide bonds. The van der Waals surface area contributed by atoms with Gasteiger partial charge in [-0.3, -0.25) is 4.40 Å². The fourth-order valence-electron chi connectivity index (χ4n) is 9.46. The average molecular weight is 742 g/mol. The van der Waals surface area contributed by atoms with Crippen molar-refractivity contribution in [3.8, 4) is 34.2 Å². The van der Waals surface area contributed by atoms with Crippen molar-refractivity contribution in [1.29, 1.82) is 0 Å². The normalized spacial score (nSPS) is 13.0. The molecular weight excluding hydrogens is 711 g/mol. The summed E-state index contributed by atoms with van der Waals surface area (Å²) >= 11 is 0. The summed E-state index contributed by atoms with van der Waals surface area (Å²) in [4.78, 5) is 21.1. The summed E-state index contributed by atoms with van der Waals surface area (Å²) < 4.78 is 8.70. The van der Waals surface area contributed by atoms with Crippen LogP contribution in [-0.4, -0.2) is 24.3 Å². The van der Waals surface area contributed by atoms with E-state index in [2.05, 4.69) is 138 Å². The molecule has 6 heteroatoms. The van der Waals surface area contributed by atoms with Gasteiger partial charge in [0.25, 0.3) is 0 Å². The van der Waals surface area contributed by atoms with Crippen LogP contribution in [0.3, 0.4) is 0 Å². The van der Waals surface area contributed by atoms with Gasteiger partial charge in [-0.1, -0.05) is 121 Å². The smallest absolute Gasteiger partial charge is 0.164 e. The number of imidazole rings is 1. The van der Waals surface area contributed by atoms with Crippen molar-refractivity contribution in [2.24, 2.45) is 0 Å². The summed E-state index contributed by atoms with van der Waals surface area (Å²) in [5.41, 5.74) is 8.79. The third-order valence-corrected chi connectivity index (χ3v) is 12.1. The number of nitrogens with zero attached hydrogens (tertiary/aromatic N) is 5. The van der Waals surface area contributed by atoms with E-state index in [9.17, 15) is 0 Å². The molecule has 0 bridgehead atoms. The summed E-state index contributed by atoms with van der Waals surface area (Å²) in [6.07, 6.45) is 6.34. The number of aromatic nitrogens is 5. The summed E-state index contributed by atoms with van der Waals surface area (Å²) in [7, 11) is 0. The van der Waals surface area contributed by atoms with Gasteiger partial charge in [-0.2, -0.15) is 0 Å². The van der Waals surface area contributed by atoms with Crippen molar-refractivity contribution in [2.75, 3.05) is 0 Å². The first-order valence-corrected chi connectivity index (χ1v) is 19.8. The lowest BCUT2D eigenvalue weighted by atomic mass is 9.93. The van der Waals surface area contributed by atoms with E-state index in [1.54, 1.807) is 0 Å². The van der Waals surface area contributed by atoms with Crippen molar-refractivity contribution < 1.29 is 4.42 Å². The van der Waals surface area contributed by atoms with Crippen LogP contribution in [-0.2, 0) is 6.42 Å². The third-order valence-electron chi connectivity index (χ3n) is 12.1. The molecule has 0 atom stereocenters. The highest BCUT2D eigenvalue weighted by molar-refractivity contribution is 6.25. The number of aryl methyl sites for hydroxylation is 1. The lowest BCUT2D eigenvalue weighted by Crippen LogP contribution is -2.02. The average Bonchev–Trinajstić information content (AvgIpc) is 3.88. The second kappa shape index (κ2) is 11.9. The highest BCUT2D eigenvalue weighted by atomic mass is 16.3. The monoisotopic (exact) mass is 741 g/mol. The molecular formula is C52H31N5O. The minimum Gasteiger partial charge on any atom is -0.456 e. The number of allylic oxidation sites excluding steroid dienone is 1. The van der Waals surface area contributed by atoms with Crippen LogP contribution in [0, 0.1) is 0 Å². The van der Waals surface area contributed by atoms with Gasteiger partial charge < -0.3 is 4.42 Å². The summed E-state index contributed by atoms with van der Waals surface area (Å²) in [5.74, 6) is 1.81. The Hall–Kier alpha value is -7.70. The van der Waals surface area contributed by atoms with E-state index in [0.29, 0.717) is 17.5 Å². The largest absolute Gasteiger partial charge is 0.456 e. The highest BCUT2D eigenvalue weighted by Crippen LogP contribution is 2.40. The van der Waals surface area contributed by atoms with E-state index in [4.69, 9.17) is 24.4 Å². The van der Waals surface area contributed by atoms with Crippen LogP contribution in [0.2, 0.25) is 0 Å². The predicted molar refractivity (Wildman–Crippen MR) is 237 cm³/mol. The van der Waals surface area contributed by atoms with E-state index < -0.39 is 0 Å².